The molecule has 0 spiro atoms. The number of nitrogens with zero attached hydrogens (tertiary/aromatic N) is 4. The molecule has 5 rings (SSSR count). The number of H-pyrrole nitrogens is 1. The van der Waals surface area contributed by atoms with Crippen molar-refractivity contribution in [2.24, 2.45) is 0 Å². The maximum absolute atomic E-state index is 15.2. The molecule has 5 aromatic rings. The first-order valence-electron chi connectivity index (χ1n) is 10.7. The Morgan fingerprint density at radius 3 is 2.81 bits per heavy atom. The van der Waals surface area contributed by atoms with E-state index < -0.39 is 38.7 Å². The zero-order chi connectivity index (χ0) is 25.4. The number of rotatable bonds is 8. The number of halogens is 2. The number of imidazole rings is 1. The number of sulfonamides is 1. The number of carbonyl (C=O) groups is 1. The third-order valence-corrected chi connectivity index (χ3v) is 7.87. The topological polar surface area (TPSA) is 123 Å². The van der Waals surface area contributed by atoms with E-state index in [9.17, 15) is 17.6 Å². The minimum Gasteiger partial charge on any atom is -0.345 e. The average molecular weight is 529 g/mol. The van der Waals surface area contributed by atoms with Gasteiger partial charge in [0.25, 0.3) is 0 Å². The number of aromatic nitrogens is 5. The summed E-state index contributed by atoms with van der Waals surface area (Å²) in [6.07, 6.45) is 9.89. The Kier molecular flexibility index (Phi) is 6.10. The molecule has 0 unspecified atom stereocenters. The molecule has 0 saturated heterocycles. The predicted octanol–water partition coefficient (Wildman–Crippen LogP) is 4.53. The maximum atomic E-state index is 15.2. The molecular weight excluding hydrogens is 510 g/mol. The number of hydrogen-bond donors (Lipinski definition) is 2. The lowest BCUT2D eigenvalue weighted by Gasteiger charge is -2.11. The molecule has 4 aromatic heterocycles. The molecule has 9 nitrogen and oxygen atoms in total. The van der Waals surface area contributed by atoms with Crippen LogP contribution in [0.3, 0.4) is 0 Å². The summed E-state index contributed by atoms with van der Waals surface area (Å²) in [5.74, 6) is -3.59. The SMILES string of the molecule is CCCS(=O)(=O)Nc1ccc(F)c(C(=O)c2c[nH]c3ncc(-c4cnc(-n5ccnc5)s4)cc23)c1F. The summed E-state index contributed by atoms with van der Waals surface area (Å²) in [6.45, 7) is 1.65. The second-order valence-electron chi connectivity index (χ2n) is 7.83. The summed E-state index contributed by atoms with van der Waals surface area (Å²) < 4.78 is 57.9. The molecule has 0 bridgehead atoms. The van der Waals surface area contributed by atoms with E-state index in [1.165, 1.54) is 17.5 Å². The van der Waals surface area contributed by atoms with E-state index in [4.69, 9.17) is 0 Å². The fraction of sp³-hybridized carbons (Fsp3) is 0.130. The number of pyridine rings is 1. The first-order valence-corrected chi connectivity index (χ1v) is 13.2. The van der Waals surface area contributed by atoms with Crippen molar-refractivity contribution in [1.82, 2.24) is 24.5 Å². The molecule has 36 heavy (non-hydrogen) atoms. The zero-order valence-corrected chi connectivity index (χ0v) is 20.3. The lowest BCUT2D eigenvalue weighted by Crippen LogP contribution is -2.18. The zero-order valence-electron chi connectivity index (χ0n) is 18.7. The second kappa shape index (κ2) is 9.24. The second-order valence-corrected chi connectivity index (χ2v) is 10.7. The van der Waals surface area contributed by atoms with Gasteiger partial charge in [-0.05, 0) is 24.6 Å². The van der Waals surface area contributed by atoms with Crippen LogP contribution in [0, 0.1) is 11.6 Å². The molecule has 13 heteroatoms. The van der Waals surface area contributed by atoms with Gasteiger partial charge in [-0.1, -0.05) is 18.3 Å². The standard InChI is InChI=1S/C23H18F2N6O3S2/c1-2-7-36(33,34)30-17-4-3-16(24)19(20(17)25)21(32)15-10-28-22-14(15)8-13(9-27-22)18-11-29-23(35-18)31-6-5-26-12-31/h3-6,8-12,30H,2,7H2,1H3,(H,27,28). The highest BCUT2D eigenvalue weighted by Gasteiger charge is 2.26. The molecule has 0 saturated carbocycles. The van der Waals surface area contributed by atoms with Gasteiger partial charge in [-0.15, -0.1) is 0 Å². The molecule has 1 aromatic carbocycles. The number of benzene rings is 1. The van der Waals surface area contributed by atoms with Gasteiger partial charge in [-0.25, -0.2) is 32.2 Å². The number of ketones is 1. The van der Waals surface area contributed by atoms with E-state index in [1.807, 2.05) is 0 Å². The van der Waals surface area contributed by atoms with Gasteiger partial charge in [-0.2, -0.15) is 0 Å². The molecule has 0 aliphatic carbocycles. The summed E-state index contributed by atoms with van der Waals surface area (Å²) >= 11 is 1.37. The van der Waals surface area contributed by atoms with Gasteiger partial charge in [0.15, 0.2) is 10.9 Å². The first kappa shape index (κ1) is 23.8. The van der Waals surface area contributed by atoms with Gasteiger partial charge in [0.1, 0.15) is 17.8 Å². The largest absolute Gasteiger partial charge is 0.345 e. The Bertz CT molecular complexity index is 1690. The molecule has 0 aliphatic rings. The molecular formula is C23H18F2N6O3S2. The maximum Gasteiger partial charge on any atom is 0.232 e. The average Bonchev–Trinajstić information content (AvgIpc) is 3.60. The lowest BCUT2D eigenvalue weighted by molar-refractivity contribution is 0.103. The van der Waals surface area contributed by atoms with Crippen LogP contribution >= 0.6 is 11.3 Å². The van der Waals surface area contributed by atoms with Gasteiger partial charge >= 0.3 is 0 Å². The van der Waals surface area contributed by atoms with Crippen molar-refractivity contribution < 1.29 is 22.0 Å². The summed E-state index contributed by atoms with van der Waals surface area (Å²) in [4.78, 5) is 29.6. The number of nitrogens with one attached hydrogen (secondary N) is 2. The van der Waals surface area contributed by atoms with E-state index in [1.54, 1.807) is 48.7 Å². The fourth-order valence-electron chi connectivity index (χ4n) is 3.68. The Balaban J connectivity index is 1.53. The lowest BCUT2D eigenvalue weighted by atomic mass is 10.0. The quantitative estimate of drug-likeness (QED) is 0.285. The Morgan fingerprint density at radius 1 is 1.22 bits per heavy atom. The smallest absolute Gasteiger partial charge is 0.232 e. The summed E-state index contributed by atoms with van der Waals surface area (Å²) in [5.41, 5.74) is -0.365. The predicted molar refractivity (Wildman–Crippen MR) is 132 cm³/mol. The number of anilines is 1. The van der Waals surface area contributed by atoms with E-state index in [2.05, 4.69) is 24.7 Å². The molecule has 4 heterocycles. The first-order chi connectivity index (χ1) is 17.3. The molecule has 0 radical (unpaired) electrons. The van der Waals surface area contributed by atoms with Crippen LogP contribution in [0.2, 0.25) is 0 Å². The molecule has 0 aliphatic heterocycles. The summed E-state index contributed by atoms with van der Waals surface area (Å²) in [6, 6.07) is 3.49. The van der Waals surface area contributed by atoms with Gasteiger partial charge in [0, 0.05) is 47.5 Å². The van der Waals surface area contributed by atoms with Crippen molar-refractivity contribution in [3.05, 3.63) is 78.3 Å². The van der Waals surface area contributed by atoms with Gasteiger partial charge in [0.2, 0.25) is 15.8 Å². The molecule has 0 amide bonds. The van der Waals surface area contributed by atoms with Crippen LogP contribution in [0.4, 0.5) is 14.5 Å². The highest BCUT2D eigenvalue weighted by Crippen LogP contribution is 2.32. The Morgan fingerprint density at radius 2 is 2.06 bits per heavy atom. The van der Waals surface area contributed by atoms with E-state index in [-0.39, 0.29) is 11.3 Å². The fourth-order valence-corrected chi connectivity index (χ4v) is 5.66. The van der Waals surface area contributed by atoms with Gasteiger partial charge < -0.3 is 4.98 Å². The van der Waals surface area contributed by atoms with Crippen LogP contribution in [0.25, 0.3) is 26.6 Å². The van der Waals surface area contributed by atoms with Crippen LogP contribution < -0.4 is 4.72 Å². The third-order valence-electron chi connectivity index (χ3n) is 5.34. The van der Waals surface area contributed by atoms with Crippen molar-refractivity contribution in [2.45, 2.75) is 13.3 Å². The Hall–Kier alpha value is -3.97. The Labute approximate surface area is 207 Å². The van der Waals surface area contributed by atoms with Crippen molar-refractivity contribution in [3.8, 4) is 15.6 Å². The van der Waals surface area contributed by atoms with Crippen molar-refractivity contribution in [2.75, 3.05) is 10.5 Å². The number of thiazole rings is 1. The minimum atomic E-state index is -3.85. The highest BCUT2D eigenvalue weighted by atomic mass is 32.2. The van der Waals surface area contributed by atoms with E-state index in [0.29, 0.717) is 28.1 Å². The van der Waals surface area contributed by atoms with Crippen LogP contribution in [-0.2, 0) is 10.0 Å². The molecule has 0 atom stereocenters. The summed E-state index contributed by atoms with van der Waals surface area (Å²) in [5, 5.41) is 1.03. The molecule has 2 N–H and O–H groups in total. The molecule has 184 valence electrons. The number of hydrogen-bond acceptors (Lipinski definition) is 7. The summed E-state index contributed by atoms with van der Waals surface area (Å²) in [7, 11) is -3.85. The van der Waals surface area contributed by atoms with Crippen molar-refractivity contribution >= 4 is 43.9 Å². The van der Waals surface area contributed by atoms with E-state index in [0.717, 1.165) is 17.0 Å². The normalized spacial score (nSPS) is 11.8. The number of aromatic amines is 1. The van der Waals surface area contributed by atoms with Crippen LogP contribution in [0.5, 0.6) is 0 Å². The minimum absolute atomic E-state index is 0.00920. The monoisotopic (exact) mass is 528 g/mol. The third kappa shape index (κ3) is 4.38. The van der Waals surface area contributed by atoms with Crippen molar-refractivity contribution in [3.63, 3.8) is 0 Å². The number of carbonyl (C=O) groups excluding carboxylic acids is 1. The van der Waals surface area contributed by atoms with E-state index >= 15 is 4.39 Å². The van der Waals surface area contributed by atoms with Crippen LogP contribution in [0.15, 0.2) is 55.5 Å². The number of fused-ring (bicyclic) bond motifs is 1. The highest BCUT2D eigenvalue weighted by molar-refractivity contribution is 7.92. The van der Waals surface area contributed by atoms with Crippen LogP contribution in [0.1, 0.15) is 29.3 Å². The molecule has 0 fully saturated rings. The van der Waals surface area contributed by atoms with Gasteiger partial charge in [-0.3, -0.25) is 14.1 Å². The van der Waals surface area contributed by atoms with Crippen LogP contribution in [-0.4, -0.2) is 44.5 Å². The van der Waals surface area contributed by atoms with Crippen molar-refractivity contribution in [1.29, 1.82) is 0 Å². The van der Waals surface area contributed by atoms with Gasteiger partial charge in [0.05, 0.1) is 21.9 Å².